The van der Waals surface area contributed by atoms with Gasteiger partial charge in [0.1, 0.15) is 0 Å². The normalized spacial score (nSPS) is 10.4. The van der Waals surface area contributed by atoms with Gasteiger partial charge in [0.05, 0.1) is 12.0 Å². The molecule has 0 radical (unpaired) electrons. The molecule has 0 aromatic heterocycles. The summed E-state index contributed by atoms with van der Waals surface area (Å²) in [4.78, 5) is 21.4. The summed E-state index contributed by atoms with van der Waals surface area (Å²) >= 11 is 0. The highest BCUT2D eigenvalue weighted by molar-refractivity contribution is 5.97. The second-order valence-corrected chi connectivity index (χ2v) is 3.16. The molecular weight excluding hydrogens is 244 g/mol. The third-order valence-corrected chi connectivity index (χ3v) is 1.97. The summed E-state index contributed by atoms with van der Waals surface area (Å²) in [6.45, 7) is 0. The first-order valence-corrected chi connectivity index (χ1v) is 4.42. The Hall–Kier alpha value is -1.92. The van der Waals surface area contributed by atoms with Crippen LogP contribution in [0.5, 0.6) is 0 Å². The maximum Gasteiger partial charge on any atom is 0.303 e. The molecule has 0 unspecified atom stereocenters. The minimum absolute atomic E-state index is 0.206. The summed E-state index contributed by atoms with van der Waals surface area (Å²) in [6, 6.07) is 0.206. The van der Waals surface area contributed by atoms with Crippen molar-refractivity contribution in [2.75, 3.05) is 0 Å². The summed E-state index contributed by atoms with van der Waals surface area (Å²) in [7, 11) is 0. The van der Waals surface area contributed by atoms with Crippen LogP contribution in [-0.2, 0) is 4.79 Å². The van der Waals surface area contributed by atoms with Gasteiger partial charge >= 0.3 is 5.97 Å². The zero-order valence-electron chi connectivity index (χ0n) is 8.27. The van der Waals surface area contributed by atoms with Crippen molar-refractivity contribution in [3.8, 4) is 0 Å². The SMILES string of the molecule is O=C(O)CCC(=O)c1cc(F)c(F)c(F)c1F. The van der Waals surface area contributed by atoms with Gasteiger partial charge in [-0.2, -0.15) is 0 Å². The van der Waals surface area contributed by atoms with Crippen molar-refractivity contribution < 1.29 is 32.3 Å². The van der Waals surface area contributed by atoms with Crippen molar-refractivity contribution in [3.05, 3.63) is 34.9 Å². The van der Waals surface area contributed by atoms with Crippen LogP contribution in [0.4, 0.5) is 17.6 Å². The first kappa shape index (κ1) is 13.1. The number of carbonyl (C=O) groups is 2. The number of halogens is 4. The molecule has 7 heteroatoms. The molecule has 0 aliphatic rings. The molecule has 0 aliphatic carbocycles. The van der Waals surface area contributed by atoms with Crippen LogP contribution in [0.15, 0.2) is 6.07 Å². The summed E-state index contributed by atoms with van der Waals surface area (Å²) < 4.78 is 51.1. The van der Waals surface area contributed by atoms with Crippen LogP contribution in [-0.4, -0.2) is 16.9 Å². The number of hydrogen-bond donors (Lipinski definition) is 1. The quantitative estimate of drug-likeness (QED) is 0.386. The summed E-state index contributed by atoms with van der Waals surface area (Å²) in [5, 5.41) is 8.28. The molecule has 0 saturated heterocycles. The molecule has 0 atom stereocenters. The number of carboxylic acids is 1. The first-order valence-electron chi connectivity index (χ1n) is 4.42. The van der Waals surface area contributed by atoms with Gasteiger partial charge in [-0.05, 0) is 6.07 Å². The molecule has 3 nitrogen and oxygen atoms in total. The highest BCUT2D eigenvalue weighted by Gasteiger charge is 2.22. The molecular formula is C10H6F4O3. The Morgan fingerprint density at radius 2 is 1.59 bits per heavy atom. The molecule has 1 aromatic rings. The van der Waals surface area contributed by atoms with E-state index in [0.717, 1.165) is 0 Å². The van der Waals surface area contributed by atoms with Crippen molar-refractivity contribution in [3.63, 3.8) is 0 Å². The molecule has 1 aromatic carbocycles. The van der Waals surface area contributed by atoms with Gasteiger partial charge < -0.3 is 5.11 Å². The van der Waals surface area contributed by atoms with Crippen molar-refractivity contribution in [2.45, 2.75) is 12.8 Å². The number of carbonyl (C=O) groups excluding carboxylic acids is 1. The average molecular weight is 250 g/mol. The third kappa shape index (κ3) is 2.80. The van der Waals surface area contributed by atoms with Gasteiger partial charge in [0.15, 0.2) is 29.1 Å². The lowest BCUT2D eigenvalue weighted by Gasteiger charge is -2.04. The van der Waals surface area contributed by atoms with Crippen LogP contribution in [0.2, 0.25) is 0 Å². The molecule has 0 saturated carbocycles. The van der Waals surface area contributed by atoms with Crippen LogP contribution >= 0.6 is 0 Å². The third-order valence-electron chi connectivity index (χ3n) is 1.97. The van der Waals surface area contributed by atoms with Gasteiger partial charge in [-0.1, -0.05) is 0 Å². The number of rotatable bonds is 4. The Bertz CT molecular complexity index is 485. The van der Waals surface area contributed by atoms with E-state index in [1.165, 1.54) is 0 Å². The Labute approximate surface area is 92.7 Å². The van der Waals surface area contributed by atoms with Crippen LogP contribution in [0.3, 0.4) is 0 Å². The van der Waals surface area contributed by atoms with Gasteiger partial charge in [-0.25, -0.2) is 17.6 Å². The summed E-state index contributed by atoms with van der Waals surface area (Å²) in [5.41, 5.74) is -0.998. The predicted octanol–water partition coefficient (Wildman–Crippen LogP) is 2.29. The van der Waals surface area contributed by atoms with E-state index < -0.39 is 53.4 Å². The molecule has 0 fully saturated rings. The molecule has 0 aliphatic heterocycles. The number of benzene rings is 1. The minimum atomic E-state index is -2.09. The molecule has 0 spiro atoms. The van der Waals surface area contributed by atoms with Crippen molar-refractivity contribution in [2.24, 2.45) is 0 Å². The number of Topliss-reactive ketones (excluding diaryl/α,β-unsaturated/α-hetero) is 1. The Morgan fingerprint density at radius 1 is 1.00 bits per heavy atom. The van der Waals surface area contributed by atoms with Crippen molar-refractivity contribution >= 4 is 11.8 Å². The molecule has 1 N–H and O–H groups in total. The largest absolute Gasteiger partial charge is 0.481 e. The summed E-state index contributed by atoms with van der Waals surface area (Å²) in [6.07, 6.45) is -1.24. The van der Waals surface area contributed by atoms with E-state index in [4.69, 9.17) is 5.11 Å². The topological polar surface area (TPSA) is 54.4 Å². The summed E-state index contributed by atoms with van der Waals surface area (Å²) in [5.74, 6) is -10.1. The molecule has 92 valence electrons. The zero-order chi connectivity index (χ0) is 13.2. The highest BCUT2D eigenvalue weighted by Crippen LogP contribution is 2.20. The predicted molar refractivity (Wildman–Crippen MR) is 47.5 cm³/mol. The van der Waals surface area contributed by atoms with Gasteiger partial charge in [-0.15, -0.1) is 0 Å². The zero-order valence-corrected chi connectivity index (χ0v) is 8.27. The maximum absolute atomic E-state index is 13.1. The Kier molecular flexibility index (Phi) is 3.82. The smallest absolute Gasteiger partial charge is 0.303 e. The van der Waals surface area contributed by atoms with Gasteiger partial charge in [0.2, 0.25) is 0 Å². The van der Waals surface area contributed by atoms with Crippen LogP contribution in [0, 0.1) is 23.3 Å². The van der Waals surface area contributed by atoms with E-state index in [9.17, 15) is 27.2 Å². The fourth-order valence-electron chi connectivity index (χ4n) is 1.13. The van der Waals surface area contributed by atoms with E-state index in [1.807, 2.05) is 0 Å². The van der Waals surface area contributed by atoms with Crippen molar-refractivity contribution in [1.29, 1.82) is 0 Å². The monoisotopic (exact) mass is 250 g/mol. The fourth-order valence-corrected chi connectivity index (χ4v) is 1.13. The second kappa shape index (κ2) is 4.94. The lowest BCUT2D eigenvalue weighted by atomic mass is 10.1. The van der Waals surface area contributed by atoms with E-state index in [2.05, 4.69) is 0 Å². The maximum atomic E-state index is 13.1. The molecule has 0 heterocycles. The van der Waals surface area contributed by atoms with Crippen LogP contribution in [0.25, 0.3) is 0 Å². The van der Waals surface area contributed by atoms with E-state index >= 15 is 0 Å². The fraction of sp³-hybridized carbons (Fsp3) is 0.200. The van der Waals surface area contributed by atoms with Gasteiger partial charge in [0.25, 0.3) is 0 Å². The lowest BCUT2D eigenvalue weighted by Crippen LogP contribution is -2.09. The van der Waals surface area contributed by atoms with Crippen LogP contribution in [0.1, 0.15) is 23.2 Å². The molecule has 17 heavy (non-hydrogen) atoms. The van der Waals surface area contributed by atoms with E-state index in [-0.39, 0.29) is 6.07 Å². The van der Waals surface area contributed by atoms with Crippen molar-refractivity contribution in [1.82, 2.24) is 0 Å². The standard InChI is InChI=1S/C10H6F4O3/c11-5-3-4(6(15)1-2-7(16)17)8(12)10(14)9(5)13/h3H,1-2H2,(H,16,17). The highest BCUT2D eigenvalue weighted by atomic mass is 19.2. The van der Waals surface area contributed by atoms with E-state index in [1.54, 1.807) is 0 Å². The number of carboxylic acid groups (broad SMARTS) is 1. The van der Waals surface area contributed by atoms with Gasteiger partial charge in [0, 0.05) is 6.42 Å². The average Bonchev–Trinajstić information content (AvgIpc) is 2.28. The van der Waals surface area contributed by atoms with Crippen LogP contribution < -0.4 is 0 Å². The number of ketones is 1. The van der Waals surface area contributed by atoms with E-state index in [0.29, 0.717) is 0 Å². The minimum Gasteiger partial charge on any atom is -0.481 e. The second-order valence-electron chi connectivity index (χ2n) is 3.16. The lowest BCUT2D eigenvalue weighted by molar-refractivity contribution is -0.136. The number of aliphatic carboxylic acids is 1. The Morgan fingerprint density at radius 3 is 2.12 bits per heavy atom. The first-order chi connectivity index (χ1) is 7.84. The molecule has 0 amide bonds. The molecule has 0 bridgehead atoms. The van der Waals surface area contributed by atoms with Gasteiger partial charge in [-0.3, -0.25) is 9.59 Å². The number of hydrogen-bond acceptors (Lipinski definition) is 2. The Balaban J connectivity index is 3.06. The molecule has 1 rings (SSSR count).